The fraction of sp³-hybridized carbons (Fsp3) is 0.333. The Morgan fingerprint density at radius 1 is 1.30 bits per heavy atom. The Morgan fingerprint density at radius 3 is 2.35 bits per heavy atom. The van der Waals surface area contributed by atoms with Gasteiger partial charge in [0.25, 0.3) is 0 Å². The van der Waals surface area contributed by atoms with E-state index in [1.807, 2.05) is 24.3 Å². The largest absolute Gasteiger partial charge is 0.480 e. The molecule has 5 nitrogen and oxygen atoms in total. The first-order valence-corrected chi connectivity index (χ1v) is 6.42. The molecule has 0 aromatic heterocycles. The predicted octanol–water partition coefficient (Wildman–Crippen LogP) is 1.21. The average molecular weight is 277 g/mol. The van der Waals surface area contributed by atoms with Crippen LogP contribution in [0.1, 0.15) is 25.0 Å². The van der Waals surface area contributed by atoms with Crippen LogP contribution in [0.15, 0.2) is 30.3 Å². The molecular weight excluding hydrogens is 258 g/mol. The first-order valence-electron chi connectivity index (χ1n) is 6.42. The second kappa shape index (κ2) is 7.45. The number of aliphatic hydroxyl groups excluding tert-OH is 1. The quantitative estimate of drug-likeness (QED) is 0.682. The first-order chi connectivity index (χ1) is 9.43. The van der Waals surface area contributed by atoms with Gasteiger partial charge < -0.3 is 15.5 Å². The van der Waals surface area contributed by atoms with Crippen LogP contribution in [0, 0.1) is 0 Å². The molecule has 0 fully saturated rings. The summed E-state index contributed by atoms with van der Waals surface area (Å²) in [6.45, 7) is 3.37. The first kappa shape index (κ1) is 15.9. The number of carboxylic acid groups (broad SMARTS) is 1. The number of aliphatic hydroxyl groups is 1. The van der Waals surface area contributed by atoms with Gasteiger partial charge in [-0.15, -0.1) is 0 Å². The Labute approximate surface area is 117 Å². The Morgan fingerprint density at radius 2 is 1.90 bits per heavy atom. The number of benzene rings is 1. The molecule has 1 amide bonds. The van der Waals surface area contributed by atoms with E-state index in [1.165, 1.54) is 18.6 Å². The van der Waals surface area contributed by atoms with E-state index in [4.69, 9.17) is 5.11 Å². The molecule has 20 heavy (non-hydrogen) atoms. The zero-order chi connectivity index (χ0) is 15.1. The molecule has 0 saturated heterocycles. The van der Waals surface area contributed by atoms with Gasteiger partial charge in [-0.2, -0.15) is 0 Å². The van der Waals surface area contributed by atoms with E-state index in [0.29, 0.717) is 0 Å². The van der Waals surface area contributed by atoms with Crippen LogP contribution in [0.2, 0.25) is 0 Å². The Kier molecular flexibility index (Phi) is 5.93. The minimum absolute atomic E-state index is 0.558. The number of aliphatic carboxylic acids is 1. The molecule has 0 aliphatic heterocycles. The number of nitrogens with one attached hydrogen (secondary N) is 1. The molecule has 2 atom stereocenters. The monoisotopic (exact) mass is 277 g/mol. The standard InChI is InChI=1S/C15H19NO4/c1-3-11-4-6-12(7-5-11)8-9-13(18)16-14(10(2)17)15(19)20/h4-10,14,17H,3H2,1-2H3,(H,16,18)(H,19,20)/b9-8+/t10-,14+/m1/s1. The van der Waals surface area contributed by atoms with Gasteiger partial charge in [0.2, 0.25) is 5.91 Å². The summed E-state index contributed by atoms with van der Waals surface area (Å²) < 4.78 is 0. The zero-order valence-corrected chi connectivity index (χ0v) is 11.5. The molecule has 5 heteroatoms. The smallest absolute Gasteiger partial charge is 0.328 e. The van der Waals surface area contributed by atoms with E-state index in [-0.39, 0.29) is 0 Å². The molecule has 1 rings (SSSR count). The lowest BCUT2D eigenvalue weighted by Gasteiger charge is -2.15. The maximum Gasteiger partial charge on any atom is 0.328 e. The number of carboxylic acids is 1. The lowest BCUT2D eigenvalue weighted by Crippen LogP contribution is -2.47. The fourth-order valence-electron chi connectivity index (χ4n) is 1.63. The van der Waals surface area contributed by atoms with E-state index in [1.54, 1.807) is 6.08 Å². The van der Waals surface area contributed by atoms with Crippen LogP contribution in [-0.4, -0.2) is 34.2 Å². The third-order valence-corrected chi connectivity index (χ3v) is 2.86. The van der Waals surface area contributed by atoms with Crippen molar-refractivity contribution in [2.75, 3.05) is 0 Å². The highest BCUT2D eigenvalue weighted by Gasteiger charge is 2.23. The number of hydrogen-bond acceptors (Lipinski definition) is 3. The number of rotatable bonds is 6. The van der Waals surface area contributed by atoms with Gasteiger partial charge in [0.1, 0.15) is 0 Å². The topological polar surface area (TPSA) is 86.6 Å². The number of carbonyl (C=O) groups is 2. The molecule has 3 N–H and O–H groups in total. The van der Waals surface area contributed by atoms with E-state index in [0.717, 1.165) is 12.0 Å². The van der Waals surface area contributed by atoms with Crippen LogP contribution in [-0.2, 0) is 16.0 Å². The number of aryl methyl sites for hydroxylation is 1. The minimum atomic E-state index is -1.31. The minimum Gasteiger partial charge on any atom is -0.480 e. The van der Waals surface area contributed by atoms with Crippen molar-refractivity contribution in [3.05, 3.63) is 41.5 Å². The molecule has 0 heterocycles. The zero-order valence-electron chi connectivity index (χ0n) is 11.5. The third-order valence-electron chi connectivity index (χ3n) is 2.86. The summed E-state index contributed by atoms with van der Waals surface area (Å²) in [5, 5.41) is 20.3. The van der Waals surface area contributed by atoms with Crippen molar-refractivity contribution in [1.29, 1.82) is 0 Å². The molecule has 0 aliphatic carbocycles. The molecule has 0 bridgehead atoms. The van der Waals surface area contributed by atoms with E-state index in [9.17, 15) is 14.7 Å². The predicted molar refractivity (Wildman–Crippen MR) is 76.1 cm³/mol. The van der Waals surface area contributed by atoms with Gasteiger partial charge in [-0.25, -0.2) is 4.79 Å². The maximum atomic E-state index is 11.6. The fourth-order valence-corrected chi connectivity index (χ4v) is 1.63. The summed E-state index contributed by atoms with van der Waals surface area (Å²) in [6, 6.07) is 6.38. The van der Waals surface area contributed by atoms with Gasteiger partial charge in [-0.1, -0.05) is 31.2 Å². The van der Waals surface area contributed by atoms with Crippen LogP contribution in [0.4, 0.5) is 0 Å². The van der Waals surface area contributed by atoms with Gasteiger partial charge in [0.15, 0.2) is 6.04 Å². The molecule has 0 aliphatic rings. The van der Waals surface area contributed by atoms with Gasteiger partial charge in [-0.05, 0) is 30.5 Å². The summed E-state index contributed by atoms with van der Waals surface area (Å²) >= 11 is 0. The van der Waals surface area contributed by atoms with Crippen LogP contribution in [0.5, 0.6) is 0 Å². The summed E-state index contributed by atoms with van der Waals surface area (Å²) in [5.41, 5.74) is 2.05. The second-order valence-electron chi connectivity index (χ2n) is 4.49. The van der Waals surface area contributed by atoms with Crippen molar-refractivity contribution in [3.8, 4) is 0 Å². The molecule has 0 unspecified atom stereocenters. The second-order valence-corrected chi connectivity index (χ2v) is 4.49. The van der Waals surface area contributed by atoms with Crippen molar-refractivity contribution < 1.29 is 19.8 Å². The van der Waals surface area contributed by atoms with E-state index < -0.39 is 24.0 Å². The summed E-state index contributed by atoms with van der Waals surface area (Å²) in [7, 11) is 0. The summed E-state index contributed by atoms with van der Waals surface area (Å²) in [4.78, 5) is 22.4. The van der Waals surface area contributed by atoms with E-state index in [2.05, 4.69) is 12.2 Å². The maximum absolute atomic E-state index is 11.6. The van der Waals surface area contributed by atoms with Crippen LogP contribution < -0.4 is 5.32 Å². The molecule has 1 aromatic carbocycles. The average Bonchev–Trinajstić information content (AvgIpc) is 2.42. The lowest BCUT2D eigenvalue weighted by atomic mass is 10.1. The highest BCUT2D eigenvalue weighted by molar-refractivity contribution is 5.94. The Hall–Kier alpha value is -2.14. The van der Waals surface area contributed by atoms with E-state index >= 15 is 0 Å². The SMILES string of the molecule is CCc1ccc(/C=C/C(=O)N[C@H](C(=O)O)[C@@H](C)O)cc1. The molecule has 0 saturated carbocycles. The van der Waals surface area contributed by atoms with Crippen molar-refractivity contribution >= 4 is 18.0 Å². The lowest BCUT2D eigenvalue weighted by molar-refractivity contribution is -0.144. The molecular formula is C15H19NO4. The van der Waals surface area contributed by atoms with Crippen molar-refractivity contribution in [2.24, 2.45) is 0 Å². The third kappa shape index (κ3) is 4.85. The van der Waals surface area contributed by atoms with Gasteiger partial charge in [0, 0.05) is 6.08 Å². The van der Waals surface area contributed by atoms with Crippen molar-refractivity contribution in [3.63, 3.8) is 0 Å². The highest BCUT2D eigenvalue weighted by atomic mass is 16.4. The molecule has 1 aromatic rings. The molecule has 108 valence electrons. The number of hydrogen-bond donors (Lipinski definition) is 3. The molecule has 0 radical (unpaired) electrons. The number of carbonyl (C=O) groups excluding carboxylic acids is 1. The van der Waals surface area contributed by atoms with Crippen LogP contribution in [0.25, 0.3) is 6.08 Å². The van der Waals surface area contributed by atoms with Crippen LogP contribution in [0.3, 0.4) is 0 Å². The normalized spacial score (nSPS) is 13.9. The Balaban J connectivity index is 2.64. The van der Waals surface area contributed by atoms with Gasteiger partial charge in [-0.3, -0.25) is 4.79 Å². The Bertz CT molecular complexity index is 491. The molecule has 0 spiro atoms. The van der Waals surface area contributed by atoms with Gasteiger partial charge >= 0.3 is 5.97 Å². The summed E-state index contributed by atoms with van der Waals surface area (Å²) in [5.74, 6) is -1.83. The van der Waals surface area contributed by atoms with Gasteiger partial charge in [0.05, 0.1) is 6.10 Å². The summed E-state index contributed by atoms with van der Waals surface area (Å²) in [6.07, 6.45) is 2.63. The highest BCUT2D eigenvalue weighted by Crippen LogP contribution is 2.06. The van der Waals surface area contributed by atoms with Crippen molar-refractivity contribution in [1.82, 2.24) is 5.32 Å². The van der Waals surface area contributed by atoms with Crippen molar-refractivity contribution in [2.45, 2.75) is 32.4 Å². The number of amides is 1. The van der Waals surface area contributed by atoms with Crippen LogP contribution >= 0.6 is 0 Å².